The maximum absolute atomic E-state index is 12.8. The molecular formula is C60H113NO8. The molecule has 0 amide bonds. The summed E-state index contributed by atoms with van der Waals surface area (Å²) in [5.41, 5.74) is 0. The summed E-state index contributed by atoms with van der Waals surface area (Å²) in [7, 11) is 5.92. The second-order valence-corrected chi connectivity index (χ2v) is 21.3. The zero-order valence-electron chi connectivity index (χ0n) is 46.2. The number of nitrogens with zero attached hydrogens (tertiary/aromatic N) is 1. The van der Waals surface area contributed by atoms with Crippen molar-refractivity contribution in [3.05, 3.63) is 24.3 Å². The molecule has 69 heavy (non-hydrogen) atoms. The van der Waals surface area contributed by atoms with Gasteiger partial charge in [-0.3, -0.25) is 9.59 Å². The predicted octanol–water partition coefficient (Wildman–Crippen LogP) is 15.8. The average Bonchev–Trinajstić information content (AvgIpc) is 3.31. The molecule has 0 aliphatic heterocycles. The maximum atomic E-state index is 12.8. The van der Waals surface area contributed by atoms with Crippen LogP contribution in [-0.2, 0) is 33.3 Å². The molecule has 0 aromatic carbocycles. The molecule has 0 aromatic rings. The third kappa shape index (κ3) is 53.4. The van der Waals surface area contributed by atoms with Crippen molar-refractivity contribution in [3.63, 3.8) is 0 Å². The summed E-state index contributed by atoms with van der Waals surface area (Å²) >= 11 is 0. The van der Waals surface area contributed by atoms with Crippen LogP contribution in [0.3, 0.4) is 0 Å². The third-order valence-corrected chi connectivity index (χ3v) is 13.2. The number of likely N-dealkylation sites (N-methyl/N-ethyl adjacent to an activating group) is 1. The van der Waals surface area contributed by atoms with E-state index in [0.717, 1.165) is 51.4 Å². The summed E-state index contributed by atoms with van der Waals surface area (Å²) < 4.78 is 22.7. The molecule has 406 valence electrons. The van der Waals surface area contributed by atoms with Crippen molar-refractivity contribution in [2.75, 3.05) is 47.5 Å². The average molecular weight is 977 g/mol. The Kier molecular flexibility index (Phi) is 50.4. The molecule has 9 nitrogen and oxygen atoms in total. The lowest BCUT2D eigenvalue weighted by molar-refractivity contribution is -0.870. The summed E-state index contributed by atoms with van der Waals surface area (Å²) in [4.78, 5) is 37.3. The Balaban J connectivity index is 4.15. The minimum Gasteiger partial charge on any atom is -0.545 e. The van der Waals surface area contributed by atoms with Gasteiger partial charge in [0.15, 0.2) is 12.4 Å². The lowest BCUT2D eigenvalue weighted by Crippen LogP contribution is -2.44. The van der Waals surface area contributed by atoms with Crippen LogP contribution in [0.5, 0.6) is 0 Å². The molecule has 0 aliphatic rings. The van der Waals surface area contributed by atoms with Crippen LogP contribution in [0, 0.1) is 0 Å². The fraction of sp³-hybridized carbons (Fsp3) is 0.883. The molecule has 0 bridgehead atoms. The molecule has 9 heteroatoms. The van der Waals surface area contributed by atoms with E-state index in [1.165, 1.54) is 199 Å². The van der Waals surface area contributed by atoms with Crippen molar-refractivity contribution in [2.45, 2.75) is 296 Å². The molecule has 2 unspecified atom stereocenters. The molecule has 0 rings (SSSR count). The van der Waals surface area contributed by atoms with E-state index >= 15 is 0 Å². The maximum Gasteiger partial charge on any atom is 0.306 e. The topological polar surface area (TPSA) is 111 Å². The fourth-order valence-corrected chi connectivity index (χ4v) is 8.63. The standard InChI is InChI=1S/C60H113NO8/c1-6-8-10-12-14-16-18-20-22-24-25-26-27-28-29-30-31-32-33-35-36-38-40-42-44-46-48-50-57(62)67-54-56(55-68-60(59(64)65)66-53-52-61(3,4)5)69-58(63)51-49-47-45-43-41-39-37-34-23-21-19-17-15-13-11-9-7-2/h15,17,21,23,56,60H,6-14,16,18-20,22,24-55H2,1-5H3/b17-15-,23-21-. The fourth-order valence-electron chi connectivity index (χ4n) is 8.63. The highest BCUT2D eigenvalue weighted by atomic mass is 16.7. The second kappa shape index (κ2) is 52.1. The van der Waals surface area contributed by atoms with Gasteiger partial charge in [-0.1, -0.05) is 250 Å². The van der Waals surface area contributed by atoms with Crippen LogP contribution in [0.2, 0.25) is 0 Å². The Hall–Kier alpha value is -2.23. The van der Waals surface area contributed by atoms with Gasteiger partial charge in [-0.25, -0.2) is 0 Å². The summed E-state index contributed by atoms with van der Waals surface area (Å²) in [6, 6.07) is 0. The molecule has 2 atom stereocenters. The largest absolute Gasteiger partial charge is 0.545 e. The van der Waals surface area contributed by atoms with Crippen LogP contribution < -0.4 is 5.11 Å². The van der Waals surface area contributed by atoms with Crippen molar-refractivity contribution in [3.8, 4) is 0 Å². The van der Waals surface area contributed by atoms with Crippen LogP contribution in [0.4, 0.5) is 0 Å². The minimum absolute atomic E-state index is 0.148. The van der Waals surface area contributed by atoms with Gasteiger partial charge in [-0.15, -0.1) is 0 Å². The lowest BCUT2D eigenvalue weighted by Gasteiger charge is -2.26. The number of hydrogen-bond acceptors (Lipinski definition) is 8. The highest BCUT2D eigenvalue weighted by molar-refractivity contribution is 5.70. The minimum atomic E-state index is -1.62. The number of ether oxygens (including phenoxy) is 4. The Morgan fingerprint density at radius 3 is 1.17 bits per heavy atom. The zero-order valence-corrected chi connectivity index (χ0v) is 46.2. The van der Waals surface area contributed by atoms with Crippen molar-refractivity contribution in [1.82, 2.24) is 0 Å². The van der Waals surface area contributed by atoms with Gasteiger partial charge in [0, 0.05) is 12.8 Å². The van der Waals surface area contributed by atoms with Gasteiger partial charge >= 0.3 is 11.9 Å². The molecule has 0 aliphatic carbocycles. The van der Waals surface area contributed by atoms with Crippen LogP contribution in [0.25, 0.3) is 0 Å². The first-order valence-electron chi connectivity index (χ1n) is 29.5. The predicted molar refractivity (Wildman–Crippen MR) is 288 cm³/mol. The van der Waals surface area contributed by atoms with Crippen LogP contribution in [0.15, 0.2) is 24.3 Å². The molecule has 0 saturated heterocycles. The number of carbonyl (C=O) groups excluding carboxylic acids is 3. The highest BCUT2D eigenvalue weighted by Crippen LogP contribution is 2.17. The van der Waals surface area contributed by atoms with Crippen LogP contribution in [-0.4, -0.2) is 82.3 Å². The van der Waals surface area contributed by atoms with Crippen LogP contribution in [0.1, 0.15) is 284 Å². The van der Waals surface area contributed by atoms with Crippen LogP contribution >= 0.6 is 0 Å². The number of carboxylic acids is 1. The number of aliphatic carboxylic acids is 1. The van der Waals surface area contributed by atoms with E-state index in [1.807, 2.05) is 21.1 Å². The van der Waals surface area contributed by atoms with Gasteiger partial charge in [0.1, 0.15) is 13.2 Å². The Morgan fingerprint density at radius 1 is 0.435 bits per heavy atom. The van der Waals surface area contributed by atoms with E-state index in [-0.39, 0.29) is 32.2 Å². The zero-order chi connectivity index (χ0) is 50.6. The first-order valence-corrected chi connectivity index (χ1v) is 29.5. The van der Waals surface area contributed by atoms with Gasteiger partial charge in [0.25, 0.3) is 0 Å². The smallest absolute Gasteiger partial charge is 0.306 e. The monoisotopic (exact) mass is 976 g/mol. The third-order valence-electron chi connectivity index (χ3n) is 13.2. The number of esters is 2. The number of rotatable bonds is 55. The van der Waals surface area contributed by atoms with Gasteiger partial charge in [0.2, 0.25) is 0 Å². The van der Waals surface area contributed by atoms with E-state index in [0.29, 0.717) is 23.9 Å². The summed E-state index contributed by atoms with van der Waals surface area (Å²) in [6.45, 7) is 4.76. The van der Waals surface area contributed by atoms with Crippen molar-refractivity contribution in [1.29, 1.82) is 0 Å². The quantitative estimate of drug-likeness (QED) is 0.0195. The number of hydrogen-bond donors (Lipinski definition) is 0. The van der Waals surface area contributed by atoms with Crippen molar-refractivity contribution in [2.24, 2.45) is 0 Å². The number of carbonyl (C=O) groups is 3. The summed E-state index contributed by atoms with van der Waals surface area (Å²) in [5, 5.41) is 11.8. The Bertz CT molecular complexity index is 1180. The number of unbranched alkanes of at least 4 members (excludes halogenated alkanes) is 36. The van der Waals surface area contributed by atoms with E-state index < -0.39 is 24.3 Å². The lowest BCUT2D eigenvalue weighted by atomic mass is 10.0. The normalized spacial score (nSPS) is 12.9. The highest BCUT2D eigenvalue weighted by Gasteiger charge is 2.22. The molecule has 0 aromatic heterocycles. The number of allylic oxidation sites excluding steroid dienone is 4. The molecule has 0 saturated carbocycles. The Morgan fingerprint density at radius 2 is 0.783 bits per heavy atom. The molecule has 0 spiro atoms. The Labute approximate surface area is 427 Å². The molecule has 0 fully saturated rings. The van der Waals surface area contributed by atoms with Crippen molar-refractivity contribution < 1.29 is 42.9 Å². The first-order chi connectivity index (χ1) is 33.6. The first kappa shape index (κ1) is 66.8. The SMILES string of the molecule is CCCCC/C=C\C/C=C\CCCCCCCCCC(=O)OC(COC(=O)CCCCCCCCCCCCCCCCCCCCCCCCCCCCC)COC(OCC[N+](C)(C)C)C(=O)[O-]. The molecular weight excluding hydrogens is 863 g/mol. The van der Waals surface area contributed by atoms with Gasteiger partial charge in [0.05, 0.1) is 40.3 Å². The van der Waals surface area contributed by atoms with Gasteiger partial charge in [-0.05, 0) is 44.9 Å². The van der Waals surface area contributed by atoms with E-state index in [2.05, 4.69) is 38.2 Å². The molecule has 0 heterocycles. The number of quaternary nitrogens is 1. The van der Waals surface area contributed by atoms with Gasteiger partial charge in [-0.2, -0.15) is 0 Å². The number of carboxylic acid groups (broad SMARTS) is 1. The van der Waals surface area contributed by atoms with E-state index in [1.54, 1.807) is 0 Å². The summed E-state index contributed by atoms with van der Waals surface area (Å²) in [6.07, 6.45) is 58.0. The second-order valence-electron chi connectivity index (χ2n) is 21.3. The molecule has 0 radical (unpaired) electrons. The van der Waals surface area contributed by atoms with Gasteiger partial charge < -0.3 is 33.3 Å². The van der Waals surface area contributed by atoms with Crippen molar-refractivity contribution >= 4 is 17.9 Å². The van der Waals surface area contributed by atoms with E-state index in [4.69, 9.17) is 18.9 Å². The van der Waals surface area contributed by atoms with E-state index in [9.17, 15) is 19.5 Å². The summed E-state index contributed by atoms with van der Waals surface area (Å²) in [5.74, 6) is -2.27. The molecule has 0 N–H and O–H groups in total.